The minimum atomic E-state index is -3.21. The molecule has 0 aliphatic heterocycles. The summed E-state index contributed by atoms with van der Waals surface area (Å²) in [6.07, 6.45) is 4.32. The number of nitrogens with zero attached hydrogens (tertiary/aromatic N) is 2. The summed E-state index contributed by atoms with van der Waals surface area (Å²) >= 11 is 1.72. The Balaban J connectivity index is 1.49. The van der Waals surface area contributed by atoms with Crippen LogP contribution in [0.15, 0.2) is 53.4 Å². The van der Waals surface area contributed by atoms with Gasteiger partial charge in [-0.25, -0.2) is 13.4 Å². The first-order valence-corrected chi connectivity index (χ1v) is 12.4. The fraction of sp³-hybridized carbons (Fsp3) is 0.364. The largest absolute Gasteiger partial charge is 0.339 e. The van der Waals surface area contributed by atoms with Crippen LogP contribution < -0.4 is 0 Å². The first kappa shape index (κ1) is 21.5. The summed E-state index contributed by atoms with van der Waals surface area (Å²) in [5, 5.41) is 1.12. The monoisotopic (exact) mass is 430 g/mol. The molecule has 0 bridgehead atoms. The molecule has 1 aromatic heterocycles. The average molecular weight is 431 g/mol. The fourth-order valence-corrected chi connectivity index (χ4v) is 4.83. The van der Waals surface area contributed by atoms with Crippen molar-refractivity contribution >= 4 is 37.3 Å². The maximum atomic E-state index is 12.6. The molecule has 1 unspecified atom stereocenters. The number of fused-ring (bicyclic) bond motifs is 1. The molecule has 0 saturated carbocycles. The third kappa shape index (κ3) is 5.42. The lowest BCUT2D eigenvalue weighted by molar-refractivity contribution is -0.131. The van der Waals surface area contributed by atoms with Crippen molar-refractivity contribution in [3.63, 3.8) is 0 Å². The van der Waals surface area contributed by atoms with Crippen molar-refractivity contribution in [2.45, 2.75) is 43.5 Å². The van der Waals surface area contributed by atoms with Crippen LogP contribution in [0, 0.1) is 0 Å². The molecule has 29 heavy (non-hydrogen) atoms. The summed E-state index contributed by atoms with van der Waals surface area (Å²) in [6, 6.07) is 14.8. The van der Waals surface area contributed by atoms with Gasteiger partial charge in [-0.05, 0) is 56.0 Å². The Labute approximate surface area is 176 Å². The number of hydrogen-bond acceptors (Lipinski definition) is 5. The molecule has 0 radical (unpaired) electrons. The highest BCUT2D eigenvalue weighted by Crippen LogP contribution is 2.24. The lowest BCUT2D eigenvalue weighted by Crippen LogP contribution is -2.29. The van der Waals surface area contributed by atoms with Gasteiger partial charge in [-0.2, -0.15) is 0 Å². The van der Waals surface area contributed by atoms with E-state index in [4.69, 9.17) is 0 Å². The molecule has 1 heterocycles. The highest BCUT2D eigenvalue weighted by molar-refractivity contribution is 7.90. The third-order valence-electron chi connectivity index (χ3n) is 5.13. The number of aromatic nitrogens is 1. The number of rotatable bonds is 8. The number of amides is 1. The number of unbranched alkanes of at least 4 members (excludes halogenated alkanes) is 1. The molecule has 0 saturated heterocycles. The Bertz CT molecular complexity index is 1060. The summed E-state index contributed by atoms with van der Waals surface area (Å²) in [6.45, 7) is 1.95. The van der Waals surface area contributed by atoms with Gasteiger partial charge in [0.15, 0.2) is 9.84 Å². The van der Waals surface area contributed by atoms with E-state index >= 15 is 0 Å². The van der Waals surface area contributed by atoms with Gasteiger partial charge in [-0.1, -0.05) is 24.3 Å². The first-order valence-electron chi connectivity index (χ1n) is 9.66. The van der Waals surface area contributed by atoms with Gasteiger partial charge < -0.3 is 4.90 Å². The minimum Gasteiger partial charge on any atom is -0.339 e. The molecule has 5 nitrogen and oxygen atoms in total. The van der Waals surface area contributed by atoms with Crippen LogP contribution in [0.2, 0.25) is 0 Å². The quantitative estimate of drug-likeness (QED) is 0.489. The van der Waals surface area contributed by atoms with Gasteiger partial charge in [-0.3, -0.25) is 4.79 Å². The van der Waals surface area contributed by atoms with Crippen LogP contribution >= 0.6 is 11.3 Å². The number of sulfone groups is 1. The predicted octanol–water partition coefficient (Wildman–Crippen LogP) is 4.63. The highest BCUT2D eigenvalue weighted by atomic mass is 32.2. The van der Waals surface area contributed by atoms with E-state index in [1.165, 1.54) is 11.0 Å². The lowest BCUT2D eigenvalue weighted by Gasteiger charge is -2.25. The van der Waals surface area contributed by atoms with Crippen molar-refractivity contribution in [2.24, 2.45) is 0 Å². The van der Waals surface area contributed by atoms with Crippen molar-refractivity contribution in [1.82, 2.24) is 9.88 Å². The van der Waals surface area contributed by atoms with Gasteiger partial charge in [0, 0.05) is 19.7 Å². The molecular formula is C22H26N2O3S2. The summed E-state index contributed by atoms with van der Waals surface area (Å²) in [4.78, 5) is 19.2. The number of carbonyl (C=O) groups is 1. The maximum Gasteiger partial charge on any atom is 0.222 e. The number of hydrogen-bond donors (Lipinski definition) is 0. The molecule has 0 N–H and O–H groups in total. The Morgan fingerprint density at radius 3 is 2.45 bits per heavy atom. The van der Waals surface area contributed by atoms with E-state index in [9.17, 15) is 13.2 Å². The Kier molecular flexibility index (Phi) is 6.70. The van der Waals surface area contributed by atoms with Crippen LogP contribution in [0.25, 0.3) is 10.2 Å². The van der Waals surface area contributed by atoms with Crippen molar-refractivity contribution in [3.8, 4) is 0 Å². The summed E-state index contributed by atoms with van der Waals surface area (Å²) in [7, 11) is -1.42. The molecule has 3 rings (SSSR count). The van der Waals surface area contributed by atoms with Crippen LogP contribution in [0.3, 0.4) is 0 Å². The zero-order chi connectivity index (χ0) is 21.0. The Morgan fingerprint density at radius 1 is 1.10 bits per heavy atom. The Morgan fingerprint density at radius 2 is 1.79 bits per heavy atom. The molecule has 1 amide bonds. The van der Waals surface area contributed by atoms with Gasteiger partial charge in [0.25, 0.3) is 0 Å². The van der Waals surface area contributed by atoms with E-state index in [-0.39, 0.29) is 16.8 Å². The summed E-state index contributed by atoms with van der Waals surface area (Å²) < 4.78 is 24.4. The van der Waals surface area contributed by atoms with Gasteiger partial charge in [0.2, 0.25) is 5.91 Å². The minimum absolute atomic E-state index is 0.0917. The number of para-hydroxylation sites is 1. The second kappa shape index (κ2) is 9.05. The first-order chi connectivity index (χ1) is 13.8. The number of aryl methyl sites for hydroxylation is 1. The maximum absolute atomic E-state index is 12.6. The molecule has 7 heteroatoms. The van der Waals surface area contributed by atoms with Crippen LogP contribution in [0.4, 0.5) is 0 Å². The number of benzene rings is 2. The normalized spacial score (nSPS) is 12.8. The lowest BCUT2D eigenvalue weighted by atomic mass is 10.1. The van der Waals surface area contributed by atoms with Crippen molar-refractivity contribution in [2.75, 3.05) is 13.3 Å². The topological polar surface area (TPSA) is 67.3 Å². The van der Waals surface area contributed by atoms with Crippen molar-refractivity contribution in [3.05, 3.63) is 59.1 Å². The zero-order valence-electron chi connectivity index (χ0n) is 17.0. The van der Waals surface area contributed by atoms with Crippen molar-refractivity contribution < 1.29 is 13.2 Å². The van der Waals surface area contributed by atoms with Crippen molar-refractivity contribution in [1.29, 1.82) is 0 Å². The molecule has 154 valence electrons. The van der Waals surface area contributed by atoms with Gasteiger partial charge in [0.1, 0.15) is 0 Å². The highest BCUT2D eigenvalue weighted by Gasteiger charge is 2.18. The molecule has 0 spiro atoms. The van der Waals surface area contributed by atoms with Gasteiger partial charge >= 0.3 is 0 Å². The van der Waals surface area contributed by atoms with E-state index < -0.39 is 9.84 Å². The summed E-state index contributed by atoms with van der Waals surface area (Å²) in [5.41, 5.74) is 1.96. The predicted molar refractivity (Wildman–Crippen MR) is 118 cm³/mol. The molecule has 1 atom stereocenters. The zero-order valence-corrected chi connectivity index (χ0v) is 18.6. The molecular weight excluding hydrogens is 404 g/mol. The van der Waals surface area contributed by atoms with Crippen LogP contribution in [0.5, 0.6) is 0 Å². The average Bonchev–Trinajstić information content (AvgIpc) is 3.12. The van der Waals surface area contributed by atoms with Crippen LogP contribution in [-0.4, -0.2) is 37.5 Å². The third-order valence-corrected chi connectivity index (χ3v) is 7.36. The van der Waals surface area contributed by atoms with Crippen LogP contribution in [-0.2, 0) is 21.1 Å². The molecule has 0 aliphatic carbocycles. The number of thiazole rings is 1. The second-order valence-electron chi connectivity index (χ2n) is 7.30. The van der Waals surface area contributed by atoms with E-state index in [2.05, 4.69) is 11.1 Å². The smallest absolute Gasteiger partial charge is 0.222 e. The molecule has 2 aromatic carbocycles. The van der Waals surface area contributed by atoms with E-state index in [1.807, 2.05) is 25.1 Å². The van der Waals surface area contributed by atoms with Gasteiger partial charge in [-0.15, -0.1) is 11.3 Å². The fourth-order valence-electron chi connectivity index (χ4n) is 3.19. The standard InChI is InChI=1S/C22H26N2O3S2/c1-16(17-12-14-18(15-13-17)29(3,26)27)24(2)22(25)11-7-6-10-21-23-19-8-4-5-9-20(19)28-21/h4-5,8-9,12-16H,6-7,10-11H2,1-3H3. The number of carbonyl (C=O) groups excluding carboxylic acids is 1. The molecule has 0 aliphatic rings. The molecule has 0 fully saturated rings. The van der Waals surface area contributed by atoms with E-state index in [0.29, 0.717) is 6.42 Å². The molecule has 3 aromatic rings. The van der Waals surface area contributed by atoms with E-state index in [1.54, 1.807) is 47.5 Å². The van der Waals surface area contributed by atoms with Crippen LogP contribution in [0.1, 0.15) is 42.8 Å². The SMILES string of the molecule is CC(c1ccc(S(C)(=O)=O)cc1)N(C)C(=O)CCCCc1nc2ccccc2s1. The van der Waals surface area contributed by atoms with E-state index in [0.717, 1.165) is 35.4 Å². The summed E-state index contributed by atoms with van der Waals surface area (Å²) in [5.74, 6) is 0.0917. The van der Waals surface area contributed by atoms with Gasteiger partial charge in [0.05, 0.1) is 26.2 Å². The second-order valence-corrected chi connectivity index (χ2v) is 10.4. The Hall–Kier alpha value is -2.25.